The number of nitrogens with one attached hydrogen (secondary N) is 2. The molecule has 2 aromatic carbocycles. The number of hydrogen-bond donors (Lipinski definition) is 3. The van der Waals surface area contributed by atoms with Crippen LogP contribution in [0, 0.1) is 0 Å². The summed E-state index contributed by atoms with van der Waals surface area (Å²) in [5.74, 6) is 0.504. The lowest BCUT2D eigenvalue weighted by Gasteiger charge is -2.18. The summed E-state index contributed by atoms with van der Waals surface area (Å²) in [6.07, 6.45) is -4.41. The third-order valence-corrected chi connectivity index (χ3v) is 4.97. The van der Waals surface area contributed by atoms with Crippen molar-refractivity contribution in [2.75, 3.05) is 28.6 Å². The molecule has 7 nitrogen and oxygen atoms in total. The lowest BCUT2D eigenvalue weighted by atomic mass is 10.2. The summed E-state index contributed by atoms with van der Waals surface area (Å²) >= 11 is 6.19. The van der Waals surface area contributed by atoms with Crippen LogP contribution in [0.2, 0.25) is 5.02 Å². The molecule has 11 heteroatoms. The van der Waals surface area contributed by atoms with E-state index in [0.29, 0.717) is 30.2 Å². The number of hydrogen-bond acceptors (Lipinski definition) is 7. The van der Waals surface area contributed by atoms with E-state index in [1.807, 2.05) is 0 Å². The van der Waals surface area contributed by atoms with Gasteiger partial charge in [0.25, 0.3) is 0 Å². The second-order valence-electron chi connectivity index (χ2n) is 6.98. The highest BCUT2D eigenvalue weighted by molar-refractivity contribution is 6.33. The molecule has 1 aromatic heterocycles. The van der Waals surface area contributed by atoms with Crippen LogP contribution in [0.1, 0.15) is 12.0 Å². The van der Waals surface area contributed by atoms with Gasteiger partial charge in [0.15, 0.2) is 0 Å². The van der Waals surface area contributed by atoms with E-state index in [4.69, 9.17) is 11.6 Å². The average molecular weight is 451 g/mol. The van der Waals surface area contributed by atoms with Gasteiger partial charge in [-0.1, -0.05) is 29.8 Å². The minimum absolute atomic E-state index is 0.0558. The molecule has 3 N–H and O–H groups in total. The van der Waals surface area contributed by atoms with Gasteiger partial charge in [-0.2, -0.15) is 28.1 Å². The van der Waals surface area contributed by atoms with Crippen molar-refractivity contribution in [2.45, 2.75) is 18.7 Å². The summed E-state index contributed by atoms with van der Waals surface area (Å²) < 4.78 is 39.1. The second kappa shape index (κ2) is 8.56. The van der Waals surface area contributed by atoms with Crippen LogP contribution in [0.15, 0.2) is 48.5 Å². The lowest BCUT2D eigenvalue weighted by Crippen LogP contribution is -2.24. The monoisotopic (exact) mass is 450 g/mol. The molecule has 31 heavy (non-hydrogen) atoms. The third-order valence-electron chi connectivity index (χ3n) is 4.64. The molecule has 1 aliphatic rings. The summed E-state index contributed by atoms with van der Waals surface area (Å²) in [6, 6.07) is 11.8. The molecule has 2 heterocycles. The predicted octanol–water partition coefficient (Wildman–Crippen LogP) is 4.60. The van der Waals surface area contributed by atoms with Crippen LogP contribution in [0.25, 0.3) is 0 Å². The fraction of sp³-hybridized carbons (Fsp3) is 0.250. The van der Waals surface area contributed by atoms with Crippen molar-refractivity contribution >= 4 is 40.8 Å². The smallest absolute Gasteiger partial charge is 0.391 e. The van der Waals surface area contributed by atoms with Gasteiger partial charge >= 0.3 is 6.18 Å². The summed E-state index contributed by atoms with van der Waals surface area (Å²) in [6.45, 7) is 0.887. The first-order valence-electron chi connectivity index (χ1n) is 9.43. The maximum Gasteiger partial charge on any atom is 0.416 e. The molecular weight excluding hydrogens is 433 g/mol. The Morgan fingerprint density at radius 3 is 2.42 bits per heavy atom. The molecule has 4 rings (SSSR count). The van der Waals surface area contributed by atoms with E-state index < -0.39 is 17.8 Å². The van der Waals surface area contributed by atoms with Gasteiger partial charge < -0.3 is 20.6 Å². The molecule has 0 amide bonds. The molecule has 3 aromatic rings. The van der Waals surface area contributed by atoms with E-state index in [9.17, 15) is 18.3 Å². The van der Waals surface area contributed by atoms with Gasteiger partial charge in [0, 0.05) is 18.8 Å². The van der Waals surface area contributed by atoms with Crippen molar-refractivity contribution in [2.24, 2.45) is 0 Å². The summed E-state index contributed by atoms with van der Waals surface area (Å²) in [5, 5.41) is 16.1. The average Bonchev–Trinajstić information content (AvgIpc) is 3.16. The van der Waals surface area contributed by atoms with Crippen LogP contribution in [-0.4, -0.2) is 39.3 Å². The third kappa shape index (κ3) is 5.15. The Bertz CT molecular complexity index is 1080. The van der Waals surface area contributed by atoms with Crippen LogP contribution in [0.5, 0.6) is 0 Å². The Balaban J connectivity index is 1.67. The number of alkyl halides is 3. The summed E-state index contributed by atoms with van der Waals surface area (Å²) in [4.78, 5) is 14.8. The SMILES string of the molecule is OC1CCN(c2nc(Nc3cccc(C(F)(F)F)c3)nc(Nc3ccccc3Cl)n2)C1. The number of halogens is 4. The molecule has 0 aliphatic carbocycles. The molecular formula is C20H18ClF3N6O. The zero-order valence-corrected chi connectivity index (χ0v) is 16.8. The van der Waals surface area contributed by atoms with Gasteiger partial charge in [-0.25, -0.2) is 0 Å². The van der Waals surface area contributed by atoms with Crippen LogP contribution >= 0.6 is 11.6 Å². The zero-order chi connectivity index (χ0) is 22.0. The molecule has 0 bridgehead atoms. The molecule has 1 aliphatic heterocycles. The van der Waals surface area contributed by atoms with Crippen LogP contribution in [0.4, 0.5) is 42.4 Å². The van der Waals surface area contributed by atoms with E-state index in [2.05, 4.69) is 25.6 Å². The largest absolute Gasteiger partial charge is 0.416 e. The maximum absolute atomic E-state index is 13.0. The van der Waals surface area contributed by atoms with E-state index >= 15 is 0 Å². The molecule has 1 fully saturated rings. The van der Waals surface area contributed by atoms with Gasteiger partial charge in [-0.15, -0.1) is 0 Å². The molecule has 162 valence electrons. The number of aliphatic hydroxyl groups excluding tert-OH is 1. The Kier molecular flexibility index (Phi) is 5.84. The van der Waals surface area contributed by atoms with Gasteiger partial charge in [0.05, 0.1) is 22.4 Å². The van der Waals surface area contributed by atoms with Gasteiger partial charge in [-0.05, 0) is 36.8 Å². The molecule has 0 saturated carbocycles. The number of anilines is 5. The van der Waals surface area contributed by atoms with Crippen molar-refractivity contribution in [3.8, 4) is 0 Å². The predicted molar refractivity (Wildman–Crippen MR) is 112 cm³/mol. The lowest BCUT2D eigenvalue weighted by molar-refractivity contribution is -0.137. The first-order valence-corrected chi connectivity index (χ1v) is 9.81. The Labute approximate surface area is 180 Å². The van der Waals surface area contributed by atoms with Gasteiger partial charge in [0.1, 0.15) is 0 Å². The molecule has 1 atom stereocenters. The standard InChI is InChI=1S/C20H18ClF3N6O/c21-15-6-1-2-7-16(15)26-18-27-17(28-19(29-18)30-9-8-14(31)11-30)25-13-5-3-4-12(10-13)20(22,23)24/h1-7,10,14,31H,8-9,11H2,(H2,25,26,27,28,29). The number of nitrogens with zero attached hydrogens (tertiary/aromatic N) is 4. The van der Waals surface area contributed by atoms with E-state index in [0.717, 1.165) is 12.1 Å². The van der Waals surface area contributed by atoms with E-state index in [1.165, 1.54) is 12.1 Å². The van der Waals surface area contributed by atoms with Crippen LogP contribution in [-0.2, 0) is 6.18 Å². The number of aromatic nitrogens is 3. The van der Waals surface area contributed by atoms with E-state index in [1.54, 1.807) is 29.2 Å². The molecule has 1 saturated heterocycles. The van der Waals surface area contributed by atoms with Crippen molar-refractivity contribution < 1.29 is 18.3 Å². The molecule has 1 unspecified atom stereocenters. The Morgan fingerprint density at radius 2 is 1.74 bits per heavy atom. The number of β-amino-alcohol motifs (C(OH)–C–C–N with tert-alkyl or cyclic N) is 1. The number of rotatable bonds is 5. The highest BCUT2D eigenvalue weighted by Crippen LogP contribution is 2.32. The second-order valence-corrected chi connectivity index (χ2v) is 7.39. The number of para-hydroxylation sites is 1. The number of benzene rings is 2. The Hall–Kier alpha value is -3.11. The van der Waals surface area contributed by atoms with Crippen molar-refractivity contribution in [1.29, 1.82) is 0 Å². The minimum atomic E-state index is -4.47. The highest BCUT2D eigenvalue weighted by Gasteiger charge is 2.30. The first kappa shape index (κ1) is 21.1. The molecule has 0 radical (unpaired) electrons. The van der Waals surface area contributed by atoms with Crippen molar-refractivity contribution in [3.63, 3.8) is 0 Å². The van der Waals surface area contributed by atoms with Gasteiger partial charge in [-0.3, -0.25) is 0 Å². The summed E-state index contributed by atoms with van der Waals surface area (Å²) in [5.41, 5.74) is -0.0474. The normalized spacial score (nSPS) is 16.4. The first-order chi connectivity index (χ1) is 14.8. The maximum atomic E-state index is 13.0. The van der Waals surface area contributed by atoms with Crippen molar-refractivity contribution in [1.82, 2.24) is 15.0 Å². The topological polar surface area (TPSA) is 86.2 Å². The minimum Gasteiger partial charge on any atom is -0.391 e. The van der Waals surface area contributed by atoms with Gasteiger partial charge in [0.2, 0.25) is 17.8 Å². The highest BCUT2D eigenvalue weighted by atomic mass is 35.5. The van der Waals surface area contributed by atoms with E-state index in [-0.39, 0.29) is 23.5 Å². The fourth-order valence-electron chi connectivity index (χ4n) is 3.13. The summed E-state index contributed by atoms with van der Waals surface area (Å²) in [7, 11) is 0. The quantitative estimate of drug-likeness (QED) is 0.523. The molecule has 0 spiro atoms. The van der Waals surface area contributed by atoms with Crippen molar-refractivity contribution in [3.05, 3.63) is 59.1 Å². The number of aliphatic hydroxyl groups is 1. The zero-order valence-electron chi connectivity index (χ0n) is 16.1. The van der Waals surface area contributed by atoms with Crippen LogP contribution < -0.4 is 15.5 Å². The fourth-order valence-corrected chi connectivity index (χ4v) is 3.31. The van der Waals surface area contributed by atoms with Crippen LogP contribution in [0.3, 0.4) is 0 Å². The Morgan fingerprint density at radius 1 is 1.00 bits per heavy atom.